The van der Waals surface area contributed by atoms with E-state index in [1.807, 2.05) is 31.5 Å². The number of nitrogens with zero attached hydrogens (tertiary/aromatic N) is 2. The number of imidazole rings is 1. The van der Waals surface area contributed by atoms with Gasteiger partial charge in [0.25, 0.3) is 0 Å². The van der Waals surface area contributed by atoms with Gasteiger partial charge in [-0.2, -0.15) is 0 Å². The maximum absolute atomic E-state index is 13.2. The summed E-state index contributed by atoms with van der Waals surface area (Å²) >= 11 is 0. The van der Waals surface area contributed by atoms with Gasteiger partial charge in [-0.15, -0.1) is 0 Å². The fourth-order valence-corrected chi connectivity index (χ4v) is 1.89. The van der Waals surface area contributed by atoms with E-state index in [1.54, 1.807) is 6.07 Å². The minimum atomic E-state index is -0.323. The third-order valence-corrected chi connectivity index (χ3v) is 2.65. The van der Waals surface area contributed by atoms with Crippen LogP contribution in [0.1, 0.15) is 19.5 Å². The summed E-state index contributed by atoms with van der Waals surface area (Å²) in [4.78, 5) is 4.43. The molecule has 0 bridgehead atoms. The van der Waals surface area contributed by atoms with Crippen molar-refractivity contribution in [3.05, 3.63) is 35.9 Å². The summed E-state index contributed by atoms with van der Waals surface area (Å²) in [5, 5.41) is 3.26. The quantitative estimate of drug-likeness (QED) is 0.921. The normalized spacial score (nSPS) is 10.8. The minimum Gasteiger partial charge on any atom is -0.494 e. The van der Waals surface area contributed by atoms with E-state index in [0.717, 1.165) is 17.3 Å². The third-order valence-electron chi connectivity index (χ3n) is 2.65. The maximum Gasteiger partial charge on any atom is 0.208 e. The van der Waals surface area contributed by atoms with Crippen LogP contribution in [0.4, 0.5) is 10.3 Å². The Kier molecular flexibility index (Phi) is 3.74. The predicted molar refractivity (Wildman–Crippen MR) is 73.6 cm³/mol. The lowest BCUT2D eigenvalue weighted by Gasteiger charge is -2.14. The van der Waals surface area contributed by atoms with E-state index in [-0.39, 0.29) is 11.9 Å². The topological polar surface area (TPSA) is 39.1 Å². The second-order valence-electron chi connectivity index (χ2n) is 4.69. The lowest BCUT2D eigenvalue weighted by atomic mass is 10.2. The molecule has 4 nitrogen and oxygen atoms in total. The molecule has 1 aromatic carbocycles. The number of aromatic nitrogens is 2. The van der Waals surface area contributed by atoms with Crippen molar-refractivity contribution in [2.45, 2.75) is 26.8 Å². The molecule has 0 atom stereocenters. The van der Waals surface area contributed by atoms with Crippen molar-refractivity contribution in [2.75, 3.05) is 12.4 Å². The number of aryl methyl sites for hydroxylation is 1. The number of benzene rings is 1. The number of rotatable bonds is 4. The lowest BCUT2D eigenvalue weighted by molar-refractivity contribution is 0.409. The number of hydrogen-bond donors (Lipinski definition) is 1. The summed E-state index contributed by atoms with van der Waals surface area (Å²) in [5.74, 6) is 0.873. The molecule has 0 radical (unpaired) electrons. The molecule has 2 rings (SSSR count). The summed E-state index contributed by atoms with van der Waals surface area (Å²) in [6.07, 6.45) is 1.89. The highest BCUT2D eigenvalue weighted by Gasteiger charge is 2.13. The van der Waals surface area contributed by atoms with Crippen LogP contribution >= 0.6 is 0 Å². The van der Waals surface area contributed by atoms with Crippen LogP contribution in [0.3, 0.4) is 0 Å². The fourth-order valence-electron chi connectivity index (χ4n) is 1.89. The van der Waals surface area contributed by atoms with Gasteiger partial charge >= 0.3 is 0 Å². The average molecular weight is 263 g/mol. The standard InChI is InChI=1S/C14H18FN3O/c1-9(2)16-14-17-10(3)8-18(14)12-6-5-11(15)7-13(12)19-4/h5-9H,1-4H3,(H,16,17). The second-order valence-corrected chi connectivity index (χ2v) is 4.69. The molecule has 1 aromatic heterocycles. The molecule has 0 aliphatic rings. The van der Waals surface area contributed by atoms with Crippen LogP contribution in [0.15, 0.2) is 24.4 Å². The van der Waals surface area contributed by atoms with E-state index in [4.69, 9.17) is 4.74 Å². The Balaban J connectivity index is 2.52. The molecule has 0 aliphatic heterocycles. The van der Waals surface area contributed by atoms with Crippen molar-refractivity contribution in [1.29, 1.82) is 0 Å². The van der Waals surface area contributed by atoms with Gasteiger partial charge in [-0.1, -0.05) is 0 Å². The minimum absolute atomic E-state index is 0.256. The monoisotopic (exact) mass is 263 g/mol. The van der Waals surface area contributed by atoms with Crippen LogP contribution in [0.5, 0.6) is 5.75 Å². The first-order valence-corrected chi connectivity index (χ1v) is 6.17. The van der Waals surface area contributed by atoms with Crippen molar-refractivity contribution >= 4 is 5.95 Å². The Morgan fingerprint density at radius 2 is 2.11 bits per heavy atom. The molecular weight excluding hydrogens is 245 g/mol. The van der Waals surface area contributed by atoms with Crippen molar-refractivity contribution in [2.24, 2.45) is 0 Å². The molecule has 0 unspecified atom stereocenters. The van der Waals surface area contributed by atoms with E-state index in [1.165, 1.54) is 19.2 Å². The first-order valence-electron chi connectivity index (χ1n) is 6.17. The molecule has 0 saturated heterocycles. The molecule has 0 spiro atoms. The molecular formula is C14H18FN3O. The fraction of sp³-hybridized carbons (Fsp3) is 0.357. The Morgan fingerprint density at radius 3 is 2.74 bits per heavy atom. The molecule has 102 valence electrons. The molecule has 0 saturated carbocycles. The van der Waals surface area contributed by atoms with Crippen LogP contribution in [0.2, 0.25) is 0 Å². The van der Waals surface area contributed by atoms with Crippen molar-refractivity contribution in [3.8, 4) is 11.4 Å². The second kappa shape index (κ2) is 5.30. The maximum atomic E-state index is 13.2. The van der Waals surface area contributed by atoms with Gasteiger partial charge in [0.2, 0.25) is 5.95 Å². The first kappa shape index (κ1) is 13.4. The van der Waals surface area contributed by atoms with Crippen LogP contribution in [0, 0.1) is 12.7 Å². The van der Waals surface area contributed by atoms with Crippen LogP contribution in [-0.4, -0.2) is 22.7 Å². The number of ether oxygens (including phenoxy) is 1. The van der Waals surface area contributed by atoms with Gasteiger partial charge in [-0.05, 0) is 32.9 Å². The Morgan fingerprint density at radius 1 is 1.37 bits per heavy atom. The highest BCUT2D eigenvalue weighted by molar-refractivity contribution is 5.52. The lowest BCUT2D eigenvalue weighted by Crippen LogP contribution is -2.14. The number of nitrogens with one attached hydrogen (secondary N) is 1. The highest BCUT2D eigenvalue weighted by atomic mass is 19.1. The van der Waals surface area contributed by atoms with Crippen LogP contribution < -0.4 is 10.1 Å². The molecule has 0 fully saturated rings. The molecule has 19 heavy (non-hydrogen) atoms. The SMILES string of the molecule is COc1cc(F)ccc1-n1cc(C)nc1NC(C)C. The Hall–Kier alpha value is -2.04. The largest absolute Gasteiger partial charge is 0.494 e. The number of anilines is 1. The smallest absolute Gasteiger partial charge is 0.208 e. The third kappa shape index (κ3) is 2.86. The van der Waals surface area contributed by atoms with Gasteiger partial charge in [0, 0.05) is 18.3 Å². The van der Waals surface area contributed by atoms with E-state index >= 15 is 0 Å². The predicted octanol–water partition coefficient (Wildman–Crippen LogP) is 3.15. The molecule has 5 heteroatoms. The van der Waals surface area contributed by atoms with Gasteiger partial charge in [0.05, 0.1) is 18.5 Å². The van der Waals surface area contributed by atoms with Gasteiger partial charge in [-0.3, -0.25) is 4.57 Å². The van der Waals surface area contributed by atoms with Crippen molar-refractivity contribution < 1.29 is 9.13 Å². The van der Waals surface area contributed by atoms with E-state index in [9.17, 15) is 4.39 Å². The van der Waals surface area contributed by atoms with Gasteiger partial charge < -0.3 is 10.1 Å². The zero-order chi connectivity index (χ0) is 14.0. The Labute approximate surface area is 112 Å². The number of halogens is 1. The summed E-state index contributed by atoms with van der Waals surface area (Å²) in [5.41, 5.74) is 1.64. The molecule has 1 N–H and O–H groups in total. The van der Waals surface area contributed by atoms with Crippen molar-refractivity contribution in [1.82, 2.24) is 9.55 Å². The van der Waals surface area contributed by atoms with Gasteiger partial charge in [0.1, 0.15) is 11.6 Å². The van der Waals surface area contributed by atoms with Crippen LogP contribution in [-0.2, 0) is 0 Å². The molecule has 0 aliphatic carbocycles. The van der Waals surface area contributed by atoms with Crippen molar-refractivity contribution in [3.63, 3.8) is 0 Å². The van der Waals surface area contributed by atoms with Gasteiger partial charge in [-0.25, -0.2) is 9.37 Å². The first-order chi connectivity index (χ1) is 9.01. The van der Waals surface area contributed by atoms with E-state index in [0.29, 0.717) is 5.75 Å². The van der Waals surface area contributed by atoms with E-state index < -0.39 is 0 Å². The van der Waals surface area contributed by atoms with E-state index in [2.05, 4.69) is 10.3 Å². The summed E-state index contributed by atoms with van der Waals surface area (Å²) in [6.45, 7) is 5.99. The van der Waals surface area contributed by atoms with Crippen LogP contribution in [0.25, 0.3) is 5.69 Å². The molecule has 2 aromatic rings. The highest BCUT2D eigenvalue weighted by Crippen LogP contribution is 2.27. The average Bonchev–Trinajstić information content (AvgIpc) is 2.69. The number of hydrogen-bond acceptors (Lipinski definition) is 3. The molecule has 1 heterocycles. The van der Waals surface area contributed by atoms with Gasteiger partial charge in [0.15, 0.2) is 0 Å². The summed E-state index contributed by atoms with van der Waals surface area (Å²) in [7, 11) is 1.53. The zero-order valence-electron chi connectivity index (χ0n) is 11.6. The zero-order valence-corrected chi connectivity index (χ0v) is 11.6. The summed E-state index contributed by atoms with van der Waals surface area (Å²) < 4.78 is 20.3. The molecule has 0 amide bonds. The number of methoxy groups -OCH3 is 1. The Bertz CT molecular complexity index is 578. The summed E-state index contributed by atoms with van der Waals surface area (Å²) in [6, 6.07) is 4.71.